The standard InChI is InChI=1S/C9H4ClF2NO/c10-7-2-1-4-6(13-7)3-5(11)9(14)8(4)12/h1-3,14H. The van der Waals surface area contributed by atoms with Gasteiger partial charge in [-0.1, -0.05) is 11.6 Å². The van der Waals surface area contributed by atoms with Crippen molar-refractivity contribution in [3.8, 4) is 5.75 Å². The molecule has 72 valence electrons. The van der Waals surface area contributed by atoms with Gasteiger partial charge in [0.15, 0.2) is 17.4 Å². The van der Waals surface area contributed by atoms with Gasteiger partial charge >= 0.3 is 0 Å². The zero-order valence-electron chi connectivity index (χ0n) is 6.76. The Balaban J connectivity index is 2.91. The van der Waals surface area contributed by atoms with Crippen molar-refractivity contribution in [1.29, 1.82) is 0 Å². The molecule has 14 heavy (non-hydrogen) atoms. The summed E-state index contributed by atoms with van der Waals surface area (Å²) in [4.78, 5) is 3.71. The molecule has 1 aromatic carbocycles. The number of pyridine rings is 1. The normalized spacial score (nSPS) is 10.8. The molecule has 0 bridgehead atoms. The predicted molar refractivity (Wildman–Crippen MR) is 48.3 cm³/mol. The summed E-state index contributed by atoms with van der Waals surface area (Å²) in [5, 5.41) is 9.14. The van der Waals surface area contributed by atoms with E-state index in [9.17, 15) is 8.78 Å². The zero-order valence-corrected chi connectivity index (χ0v) is 7.52. The summed E-state index contributed by atoms with van der Waals surface area (Å²) < 4.78 is 26.1. The summed E-state index contributed by atoms with van der Waals surface area (Å²) in [5.74, 6) is -3.07. The molecule has 0 amide bonds. The lowest BCUT2D eigenvalue weighted by Gasteiger charge is -2.02. The third-order valence-corrected chi connectivity index (χ3v) is 2.04. The number of halogens is 3. The highest BCUT2D eigenvalue weighted by Gasteiger charge is 2.13. The molecule has 0 saturated heterocycles. The summed E-state index contributed by atoms with van der Waals surface area (Å²) in [5.41, 5.74) is 0.0744. The van der Waals surface area contributed by atoms with Crippen LogP contribution in [-0.2, 0) is 0 Å². The number of phenolic OH excluding ortho intramolecular Hbond substituents is 1. The number of hydrogen-bond acceptors (Lipinski definition) is 2. The molecule has 2 rings (SSSR count). The van der Waals surface area contributed by atoms with E-state index in [0.29, 0.717) is 0 Å². The highest BCUT2D eigenvalue weighted by atomic mass is 35.5. The second-order valence-electron chi connectivity index (χ2n) is 2.72. The number of aromatic hydroxyl groups is 1. The Morgan fingerprint density at radius 1 is 1.29 bits per heavy atom. The van der Waals surface area contributed by atoms with Crippen LogP contribution in [-0.4, -0.2) is 10.1 Å². The molecular formula is C9H4ClF2NO. The first-order valence-electron chi connectivity index (χ1n) is 3.73. The van der Waals surface area contributed by atoms with Crippen LogP contribution < -0.4 is 0 Å². The zero-order chi connectivity index (χ0) is 10.3. The molecule has 2 nitrogen and oxygen atoms in total. The highest BCUT2D eigenvalue weighted by molar-refractivity contribution is 6.29. The lowest BCUT2D eigenvalue weighted by Crippen LogP contribution is -1.88. The van der Waals surface area contributed by atoms with Gasteiger partial charge in [0.05, 0.1) is 5.52 Å². The van der Waals surface area contributed by atoms with Gasteiger partial charge in [0.2, 0.25) is 0 Å². The van der Waals surface area contributed by atoms with Crippen molar-refractivity contribution in [2.75, 3.05) is 0 Å². The molecule has 5 heteroatoms. The van der Waals surface area contributed by atoms with Crippen LogP contribution in [0, 0.1) is 11.6 Å². The average Bonchev–Trinajstić information content (AvgIpc) is 2.14. The summed E-state index contributed by atoms with van der Waals surface area (Å²) in [6.45, 7) is 0. The second-order valence-corrected chi connectivity index (χ2v) is 3.11. The molecule has 0 aliphatic carbocycles. The van der Waals surface area contributed by atoms with Crippen molar-refractivity contribution in [3.63, 3.8) is 0 Å². The second kappa shape index (κ2) is 3.06. The van der Waals surface area contributed by atoms with Crippen LogP contribution in [0.5, 0.6) is 5.75 Å². The van der Waals surface area contributed by atoms with Gasteiger partial charge in [-0.25, -0.2) is 13.8 Å². The number of phenols is 1. The van der Waals surface area contributed by atoms with Gasteiger partial charge in [-0.05, 0) is 12.1 Å². The minimum Gasteiger partial charge on any atom is -0.503 e. The van der Waals surface area contributed by atoms with Gasteiger partial charge in [-0.2, -0.15) is 0 Å². The van der Waals surface area contributed by atoms with Crippen molar-refractivity contribution in [2.24, 2.45) is 0 Å². The molecule has 1 N–H and O–H groups in total. The van der Waals surface area contributed by atoms with Crippen LogP contribution in [0.4, 0.5) is 8.78 Å². The number of rotatable bonds is 0. The van der Waals surface area contributed by atoms with E-state index in [1.165, 1.54) is 12.1 Å². The van der Waals surface area contributed by atoms with Crippen LogP contribution in [0.2, 0.25) is 5.15 Å². The Labute approximate surface area is 82.8 Å². The fraction of sp³-hybridized carbons (Fsp3) is 0. The first-order valence-corrected chi connectivity index (χ1v) is 4.10. The molecular weight excluding hydrogens is 212 g/mol. The SMILES string of the molecule is Oc1c(F)cc2nc(Cl)ccc2c1F. The van der Waals surface area contributed by atoms with E-state index < -0.39 is 17.4 Å². The van der Waals surface area contributed by atoms with Gasteiger partial charge in [0.1, 0.15) is 5.15 Å². The largest absolute Gasteiger partial charge is 0.503 e. The first-order chi connectivity index (χ1) is 6.59. The number of aromatic nitrogens is 1. The molecule has 0 spiro atoms. The monoisotopic (exact) mass is 215 g/mol. The summed E-state index contributed by atoms with van der Waals surface area (Å²) in [6.07, 6.45) is 0. The molecule has 0 unspecified atom stereocenters. The third-order valence-electron chi connectivity index (χ3n) is 1.82. The summed E-state index contributed by atoms with van der Waals surface area (Å²) in [7, 11) is 0. The van der Waals surface area contributed by atoms with Gasteiger partial charge in [-0.3, -0.25) is 0 Å². The van der Waals surface area contributed by atoms with E-state index in [1.54, 1.807) is 0 Å². The van der Waals surface area contributed by atoms with E-state index >= 15 is 0 Å². The lowest BCUT2D eigenvalue weighted by molar-refractivity contribution is 0.400. The number of fused-ring (bicyclic) bond motifs is 1. The molecule has 0 radical (unpaired) electrons. The minimum absolute atomic E-state index is 0.0355. The third kappa shape index (κ3) is 1.28. The smallest absolute Gasteiger partial charge is 0.188 e. The molecule has 1 aromatic heterocycles. The number of hydrogen-bond donors (Lipinski definition) is 1. The topological polar surface area (TPSA) is 33.1 Å². The van der Waals surface area contributed by atoms with Gasteiger partial charge in [0, 0.05) is 11.5 Å². The maximum atomic E-state index is 13.2. The van der Waals surface area contributed by atoms with Gasteiger partial charge < -0.3 is 5.11 Å². The molecule has 2 aromatic rings. The van der Waals surface area contributed by atoms with Crippen LogP contribution in [0.25, 0.3) is 10.9 Å². The number of benzene rings is 1. The Bertz CT molecular complexity index is 516. The van der Waals surface area contributed by atoms with E-state index in [1.807, 2.05) is 0 Å². The van der Waals surface area contributed by atoms with E-state index in [0.717, 1.165) is 6.07 Å². The van der Waals surface area contributed by atoms with Crippen molar-refractivity contribution in [1.82, 2.24) is 4.98 Å². The van der Waals surface area contributed by atoms with Crippen molar-refractivity contribution in [2.45, 2.75) is 0 Å². The average molecular weight is 216 g/mol. The quantitative estimate of drug-likeness (QED) is 0.686. The number of nitrogens with zero attached hydrogens (tertiary/aromatic N) is 1. The molecule has 0 fully saturated rings. The van der Waals surface area contributed by atoms with E-state index in [4.69, 9.17) is 16.7 Å². The van der Waals surface area contributed by atoms with E-state index in [-0.39, 0.29) is 16.1 Å². The van der Waals surface area contributed by atoms with Gasteiger partial charge in [0.25, 0.3) is 0 Å². The Kier molecular flexibility index (Phi) is 2.00. The predicted octanol–water partition coefficient (Wildman–Crippen LogP) is 2.87. The lowest BCUT2D eigenvalue weighted by atomic mass is 10.2. The van der Waals surface area contributed by atoms with Crippen molar-refractivity contribution in [3.05, 3.63) is 35.0 Å². The fourth-order valence-corrected chi connectivity index (χ4v) is 1.32. The van der Waals surface area contributed by atoms with Crippen molar-refractivity contribution >= 4 is 22.5 Å². The fourth-order valence-electron chi connectivity index (χ4n) is 1.17. The molecule has 0 atom stereocenters. The van der Waals surface area contributed by atoms with Crippen LogP contribution >= 0.6 is 11.6 Å². The van der Waals surface area contributed by atoms with Crippen molar-refractivity contribution < 1.29 is 13.9 Å². The molecule has 0 aliphatic rings. The minimum atomic E-state index is -1.05. The van der Waals surface area contributed by atoms with Crippen LogP contribution in [0.1, 0.15) is 0 Å². The molecule has 0 aliphatic heterocycles. The maximum Gasteiger partial charge on any atom is 0.188 e. The Morgan fingerprint density at radius 3 is 2.71 bits per heavy atom. The molecule has 1 heterocycles. The highest BCUT2D eigenvalue weighted by Crippen LogP contribution is 2.28. The Hall–Kier alpha value is -1.42. The summed E-state index contributed by atoms with van der Waals surface area (Å²) >= 11 is 5.54. The van der Waals surface area contributed by atoms with Gasteiger partial charge in [-0.15, -0.1) is 0 Å². The summed E-state index contributed by atoms with van der Waals surface area (Å²) in [6, 6.07) is 3.63. The molecule has 0 saturated carbocycles. The van der Waals surface area contributed by atoms with Crippen LogP contribution in [0.3, 0.4) is 0 Å². The first kappa shape index (κ1) is 9.15. The van der Waals surface area contributed by atoms with Crippen LogP contribution in [0.15, 0.2) is 18.2 Å². The van der Waals surface area contributed by atoms with E-state index in [2.05, 4.69) is 4.98 Å². The Morgan fingerprint density at radius 2 is 2.00 bits per heavy atom. The maximum absolute atomic E-state index is 13.2.